The Kier molecular flexibility index (Phi) is 6.56. The van der Waals surface area contributed by atoms with Crippen molar-refractivity contribution in [3.8, 4) is 0 Å². The second kappa shape index (κ2) is 8.43. The van der Waals surface area contributed by atoms with Crippen LogP contribution in [0.2, 0.25) is 0 Å². The molecule has 114 valence electrons. The number of pyridine rings is 1. The van der Waals surface area contributed by atoms with Gasteiger partial charge in [0.15, 0.2) is 4.34 Å². The van der Waals surface area contributed by atoms with E-state index < -0.39 is 0 Å². The first kappa shape index (κ1) is 16.4. The van der Waals surface area contributed by atoms with Crippen molar-refractivity contribution in [3.63, 3.8) is 0 Å². The summed E-state index contributed by atoms with van der Waals surface area (Å²) in [7, 11) is 1.71. The Labute approximate surface area is 133 Å². The molecule has 1 N–H and O–H groups in total. The van der Waals surface area contributed by atoms with Crippen LogP contribution >= 0.6 is 23.3 Å². The van der Waals surface area contributed by atoms with Crippen LogP contribution in [0, 0.1) is 6.92 Å². The van der Waals surface area contributed by atoms with Gasteiger partial charge in [-0.25, -0.2) is 9.97 Å². The minimum absolute atomic E-state index is 0.719. The van der Waals surface area contributed by atoms with E-state index in [9.17, 15) is 0 Å². The lowest BCUT2D eigenvalue weighted by atomic mass is 10.2. The molecule has 0 bridgehead atoms. The van der Waals surface area contributed by atoms with Crippen molar-refractivity contribution in [2.75, 3.05) is 20.3 Å². The van der Waals surface area contributed by atoms with Crippen molar-refractivity contribution in [1.29, 1.82) is 0 Å². The summed E-state index contributed by atoms with van der Waals surface area (Å²) in [5.41, 5.74) is 2.35. The van der Waals surface area contributed by atoms with Gasteiger partial charge in [-0.3, -0.25) is 0 Å². The Hall–Kier alpha value is -1.02. The lowest BCUT2D eigenvalue weighted by molar-refractivity contribution is 0.199. The second-order valence-corrected chi connectivity index (χ2v) is 6.56. The van der Waals surface area contributed by atoms with Gasteiger partial charge in [-0.2, -0.15) is 4.37 Å². The fourth-order valence-corrected chi connectivity index (χ4v) is 3.38. The highest BCUT2D eigenvalue weighted by Gasteiger charge is 2.08. The van der Waals surface area contributed by atoms with Crippen LogP contribution < -0.4 is 5.32 Å². The number of methoxy groups -OCH3 is 1. The molecular formula is C14H20N4OS2. The van der Waals surface area contributed by atoms with Gasteiger partial charge in [0.1, 0.15) is 10.9 Å². The molecule has 0 aliphatic carbocycles. The van der Waals surface area contributed by atoms with Crippen molar-refractivity contribution in [2.45, 2.75) is 36.2 Å². The summed E-state index contributed by atoms with van der Waals surface area (Å²) in [6.45, 7) is 6.51. The van der Waals surface area contributed by atoms with Crippen molar-refractivity contribution >= 4 is 23.3 Å². The normalized spacial score (nSPS) is 11.0. The first-order valence-electron chi connectivity index (χ1n) is 6.88. The summed E-state index contributed by atoms with van der Waals surface area (Å²) >= 11 is 3.02. The van der Waals surface area contributed by atoms with Crippen LogP contribution in [0.4, 0.5) is 0 Å². The van der Waals surface area contributed by atoms with Crippen LogP contribution in [0.5, 0.6) is 0 Å². The van der Waals surface area contributed by atoms with Gasteiger partial charge >= 0.3 is 0 Å². The summed E-state index contributed by atoms with van der Waals surface area (Å²) in [5, 5.41) is 4.31. The van der Waals surface area contributed by atoms with Gasteiger partial charge in [0.2, 0.25) is 0 Å². The molecule has 0 aromatic carbocycles. The number of hydrogen-bond acceptors (Lipinski definition) is 7. The monoisotopic (exact) mass is 324 g/mol. The lowest BCUT2D eigenvalue weighted by Gasteiger charge is -2.07. The number of aromatic nitrogens is 3. The van der Waals surface area contributed by atoms with Gasteiger partial charge in [-0.15, -0.1) is 0 Å². The largest absolute Gasteiger partial charge is 0.383 e. The summed E-state index contributed by atoms with van der Waals surface area (Å²) in [6, 6.07) is 2.16. The van der Waals surface area contributed by atoms with Gasteiger partial charge in [0.05, 0.1) is 6.61 Å². The third-order valence-electron chi connectivity index (χ3n) is 2.85. The SMILES string of the molecule is CCc1nsc(Sc2ncc(CNCCOC)cc2C)n1. The first-order valence-corrected chi connectivity index (χ1v) is 8.47. The third kappa shape index (κ3) is 5.03. The molecule has 21 heavy (non-hydrogen) atoms. The Balaban J connectivity index is 1.95. The van der Waals surface area contributed by atoms with Crippen LogP contribution in [-0.2, 0) is 17.7 Å². The predicted molar refractivity (Wildman–Crippen MR) is 86.0 cm³/mol. The topological polar surface area (TPSA) is 59.9 Å². The fraction of sp³-hybridized carbons (Fsp3) is 0.500. The van der Waals surface area contributed by atoms with Gasteiger partial charge < -0.3 is 10.1 Å². The smallest absolute Gasteiger partial charge is 0.176 e. The predicted octanol–water partition coefficient (Wildman–Crippen LogP) is 2.69. The fourth-order valence-electron chi connectivity index (χ4n) is 1.74. The van der Waals surface area contributed by atoms with Crippen molar-refractivity contribution in [2.24, 2.45) is 0 Å². The highest BCUT2D eigenvalue weighted by molar-refractivity contribution is 8.00. The van der Waals surface area contributed by atoms with E-state index in [0.717, 1.165) is 41.3 Å². The Bertz CT molecular complexity index is 574. The highest BCUT2D eigenvalue weighted by Crippen LogP contribution is 2.30. The van der Waals surface area contributed by atoms with Gasteiger partial charge in [-0.1, -0.05) is 13.0 Å². The van der Waals surface area contributed by atoms with Crippen LogP contribution in [0.3, 0.4) is 0 Å². The van der Waals surface area contributed by atoms with E-state index in [-0.39, 0.29) is 0 Å². The molecule has 2 aromatic heterocycles. The summed E-state index contributed by atoms with van der Waals surface area (Å²) in [6.07, 6.45) is 2.78. The molecule has 7 heteroatoms. The van der Waals surface area contributed by atoms with Crippen molar-refractivity contribution < 1.29 is 4.74 Å². The van der Waals surface area contributed by atoms with E-state index in [4.69, 9.17) is 4.74 Å². The molecule has 5 nitrogen and oxygen atoms in total. The quantitative estimate of drug-likeness (QED) is 0.753. The number of rotatable bonds is 8. The van der Waals surface area contributed by atoms with Crippen LogP contribution in [0.1, 0.15) is 23.9 Å². The third-order valence-corrected chi connectivity index (χ3v) is 4.76. The zero-order valence-corrected chi connectivity index (χ0v) is 14.2. The first-order chi connectivity index (χ1) is 10.2. The van der Waals surface area contributed by atoms with E-state index in [1.165, 1.54) is 22.7 Å². The zero-order chi connectivity index (χ0) is 15.1. The molecule has 0 aliphatic heterocycles. The number of nitrogens with one attached hydrogen (secondary N) is 1. The molecule has 2 aromatic rings. The maximum atomic E-state index is 5.01. The summed E-state index contributed by atoms with van der Waals surface area (Å²) in [4.78, 5) is 9.00. The molecule has 2 heterocycles. The number of ether oxygens (including phenoxy) is 1. The van der Waals surface area contributed by atoms with Crippen molar-refractivity contribution in [3.05, 3.63) is 29.2 Å². The van der Waals surface area contributed by atoms with Gasteiger partial charge in [-0.05, 0) is 41.3 Å². The Morgan fingerprint density at radius 1 is 1.43 bits per heavy atom. The van der Waals surface area contributed by atoms with Crippen LogP contribution in [0.25, 0.3) is 0 Å². The molecule has 0 fully saturated rings. The maximum Gasteiger partial charge on any atom is 0.176 e. The van der Waals surface area contributed by atoms with Gasteiger partial charge in [0.25, 0.3) is 0 Å². The molecule has 0 saturated heterocycles. The molecule has 0 aliphatic rings. The minimum Gasteiger partial charge on any atom is -0.383 e. The number of aryl methyl sites for hydroxylation is 2. The lowest BCUT2D eigenvalue weighted by Crippen LogP contribution is -2.18. The molecule has 0 saturated carbocycles. The van der Waals surface area contributed by atoms with E-state index in [1.54, 1.807) is 18.9 Å². The highest BCUT2D eigenvalue weighted by atomic mass is 32.2. The molecule has 0 radical (unpaired) electrons. The van der Waals surface area contributed by atoms with E-state index in [2.05, 4.69) is 39.6 Å². The molecule has 0 atom stereocenters. The van der Waals surface area contributed by atoms with Crippen molar-refractivity contribution in [1.82, 2.24) is 19.7 Å². The molecule has 2 rings (SSSR count). The average Bonchev–Trinajstić information content (AvgIpc) is 2.94. The van der Waals surface area contributed by atoms with Crippen LogP contribution in [-0.4, -0.2) is 34.6 Å². The number of hydrogen-bond donors (Lipinski definition) is 1. The minimum atomic E-state index is 0.719. The van der Waals surface area contributed by atoms with E-state index in [0.29, 0.717) is 0 Å². The Morgan fingerprint density at radius 2 is 2.29 bits per heavy atom. The average molecular weight is 324 g/mol. The zero-order valence-electron chi connectivity index (χ0n) is 12.5. The Morgan fingerprint density at radius 3 is 2.95 bits per heavy atom. The number of nitrogens with zero attached hydrogens (tertiary/aromatic N) is 3. The summed E-state index contributed by atoms with van der Waals surface area (Å²) in [5.74, 6) is 0.902. The molecule has 0 spiro atoms. The second-order valence-electron chi connectivity index (χ2n) is 4.57. The van der Waals surface area contributed by atoms with E-state index in [1.807, 2.05) is 6.20 Å². The molecular weight excluding hydrogens is 304 g/mol. The van der Waals surface area contributed by atoms with Crippen LogP contribution in [0.15, 0.2) is 21.6 Å². The molecule has 0 unspecified atom stereocenters. The summed E-state index contributed by atoms with van der Waals surface area (Å²) < 4.78 is 10.3. The van der Waals surface area contributed by atoms with E-state index >= 15 is 0 Å². The van der Waals surface area contributed by atoms with Gasteiger partial charge in [0, 0.05) is 32.8 Å². The molecule has 0 amide bonds. The standard InChI is InChI=1S/C14H20N4OS2/c1-4-12-17-14(21-18-12)20-13-10(2)7-11(9-16-13)8-15-5-6-19-3/h7,9,15H,4-6,8H2,1-3H3. The maximum absolute atomic E-state index is 5.01.